The van der Waals surface area contributed by atoms with E-state index in [2.05, 4.69) is 62.5 Å². The summed E-state index contributed by atoms with van der Waals surface area (Å²) >= 11 is 0. The van der Waals surface area contributed by atoms with Crippen LogP contribution in [-0.4, -0.2) is 13.7 Å². The minimum Gasteiger partial charge on any atom is -0.497 e. The van der Waals surface area contributed by atoms with Crippen LogP contribution in [0.1, 0.15) is 31.0 Å². The van der Waals surface area contributed by atoms with E-state index in [4.69, 9.17) is 4.74 Å². The number of nitrogens with one attached hydrogen (secondary N) is 1. The van der Waals surface area contributed by atoms with Crippen LogP contribution in [0.3, 0.4) is 0 Å². The van der Waals surface area contributed by atoms with Crippen LogP contribution in [0.5, 0.6) is 5.75 Å². The maximum atomic E-state index is 5.29. The zero-order valence-corrected chi connectivity index (χ0v) is 12.7. The van der Waals surface area contributed by atoms with E-state index in [-0.39, 0.29) is 0 Å². The zero-order chi connectivity index (χ0) is 14.5. The molecule has 2 aromatic rings. The van der Waals surface area contributed by atoms with E-state index in [1.165, 1.54) is 22.3 Å². The molecule has 0 bridgehead atoms. The van der Waals surface area contributed by atoms with Gasteiger partial charge in [0.2, 0.25) is 0 Å². The largest absolute Gasteiger partial charge is 0.497 e. The molecule has 0 fully saturated rings. The second-order valence-corrected chi connectivity index (χ2v) is 5.05. The molecule has 0 saturated heterocycles. The van der Waals surface area contributed by atoms with Gasteiger partial charge in [-0.05, 0) is 54.8 Å². The van der Waals surface area contributed by atoms with Crippen LogP contribution in [0.2, 0.25) is 0 Å². The molecule has 0 saturated carbocycles. The van der Waals surface area contributed by atoms with Crippen molar-refractivity contribution in [1.82, 2.24) is 5.32 Å². The Morgan fingerprint density at radius 3 is 2.50 bits per heavy atom. The van der Waals surface area contributed by atoms with Gasteiger partial charge in [-0.15, -0.1) is 0 Å². The molecule has 0 aliphatic carbocycles. The smallest absolute Gasteiger partial charge is 0.119 e. The predicted molar refractivity (Wildman–Crippen MR) is 85.3 cm³/mol. The van der Waals surface area contributed by atoms with Crippen molar-refractivity contribution in [1.29, 1.82) is 0 Å². The first-order valence-electron chi connectivity index (χ1n) is 7.14. The van der Waals surface area contributed by atoms with Crippen molar-refractivity contribution in [3.8, 4) is 16.9 Å². The first-order valence-corrected chi connectivity index (χ1v) is 7.14. The van der Waals surface area contributed by atoms with E-state index in [9.17, 15) is 0 Å². The molecule has 0 heterocycles. The van der Waals surface area contributed by atoms with Gasteiger partial charge in [0, 0.05) is 6.04 Å². The first-order chi connectivity index (χ1) is 9.67. The third kappa shape index (κ3) is 3.02. The number of methoxy groups -OCH3 is 1. The van der Waals surface area contributed by atoms with Gasteiger partial charge in [-0.2, -0.15) is 0 Å². The van der Waals surface area contributed by atoms with Crippen molar-refractivity contribution in [3.05, 3.63) is 53.6 Å². The van der Waals surface area contributed by atoms with E-state index in [1.807, 2.05) is 6.07 Å². The van der Waals surface area contributed by atoms with Gasteiger partial charge in [0.25, 0.3) is 0 Å². The predicted octanol–water partition coefficient (Wildman–Crippen LogP) is 4.34. The Bertz CT molecular complexity index is 577. The molecule has 1 unspecified atom stereocenters. The lowest BCUT2D eigenvalue weighted by Gasteiger charge is -2.18. The van der Waals surface area contributed by atoms with Crippen molar-refractivity contribution in [2.24, 2.45) is 0 Å². The summed E-state index contributed by atoms with van der Waals surface area (Å²) in [5, 5.41) is 3.49. The molecule has 0 aliphatic heterocycles. The molecule has 106 valence electrons. The Morgan fingerprint density at radius 1 is 1.10 bits per heavy atom. The molecule has 2 nitrogen and oxygen atoms in total. The third-order valence-corrected chi connectivity index (χ3v) is 3.66. The fourth-order valence-electron chi connectivity index (χ4n) is 2.60. The fraction of sp³-hybridized carbons (Fsp3) is 0.333. The highest BCUT2D eigenvalue weighted by Gasteiger charge is 2.12. The van der Waals surface area contributed by atoms with Gasteiger partial charge in [-0.3, -0.25) is 0 Å². The average Bonchev–Trinajstić information content (AvgIpc) is 2.47. The summed E-state index contributed by atoms with van der Waals surface area (Å²) in [6, 6.07) is 15.2. The van der Waals surface area contributed by atoms with Crippen LogP contribution in [0, 0.1) is 6.92 Å². The second-order valence-electron chi connectivity index (χ2n) is 5.05. The number of hydrogen-bond donors (Lipinski definition) is 1. The van der Waals surface area contributed by atoms with Gasteiger partial charge in [-0.1, -0.05) is 37.3 Å². The summed E-state index contributed by atoms with van der Waals surface area (Å²) in [5.41, 5.74) is 5.13. The number of rotatable bonds is 5. The summed E-state index contributed by atoms with van der Waals surface area (Å²) < 4.78 is 5.29. The average molecular weight is 269 g/mol. The van der Waals surface area contributed by atoms with E-state index < -0.39 is 0 Å². The topological polar surface area (TPSA) is 21.3 Å². The van der Waals surface area contributed by atoms with Gasteiger partial charge in [-0.25, -0.2) is 0 Å². The minimum absolute atomic E-state index is 0.345. The molecule has 0 radical (unpaired) electrons. The highest BCUT2D eigenvalue weighted by Crippen LogP contribution is 2.32. The van der Waals surface area contributed by atoms with Gasteiger partial charge in [0.05, 0.1) is 7.11 Å². The van der Waals surface area contributed by atoms with E-state index in [0.29, 0.717) is 6.04 Å². The summed E-state index contributed by atoms with van der Waals surface area (Å²) in [7, 11) is 1.70. The monoisotopic (exact) mass is 269 g/mol. The molecule has 20 heavy (non-hydrogen) atoms. The molecule has 2 heteroatoms. The molecule has 2 aromatic carbocycles. The van der Waals surface area contributed by atoms with Crippen LogP contribution in [0.15, 0.2) is 42.5 Å². The van der Waals surface area contributed by atoms with Gasteiger partial charge in [0.1, 0.15) is 5.75 Å². The fourth-order valence-corrected chi connectivity index (χ4v) is 2.60. The number of hydrogen-bond acceptors (Lipinski definition) is 2. The number of aryl methyl sites for hydroxylation is 1. The molecule has 1 atom stereocenters. The SMILES string of the molecule is CCNC(C)c1ccccc1-c1ccc(OC)cc1C. The summed E-state index contributed by atoms with van der Waals surface area (Å²) in [4.78, 5) is 0. The maximum Gasteiger partial charge on any atom is 0.119 e. The summed E-state index contributed by atoms with van der Waals surface area (Å²) in [5.74, 6) is 0.906. The van der Waals surface area contributed by atoms with Crippen molar-refractivity contribution in [2.45, 2.75) is 26.8 Å². The van der Waals surface area contributed by atoms with E-state index in [0.717, 1.165) is 12.3 Å². The van der Waals surface area contributed by atoms with E-state index >= 15 is 0 Å². The van der Waals surface area contributed by atoms with Crippen LogP contribution >= 0.6 is 0 Å². The molecule has 1 N–H and O–H groups in total. The standard InChI is InChI=1S/C18H23NO/c1-5-19-14(3)17-8-6-7-9-18(17)16-11-10-15(20-4)12-13(16)2/h6-12,14,19H,5H2,1-4H3. The lowest BCUT2D eigenvalue weighted by atomic mass is 9.93. The van der Waals surface area contributed by atoms with Crippen LogP contribution in [-0.2, 0) is 0 Å². The molecule has 0 amide bonds. The third-order valence-electron chi connectivity index (χ3n) is 3.66. The van der Waals surface area contributed by atoms with Gasteiger partial charge >= 0.3 is 0 Å². The van der Waals surface area contributed by atoms with Crippen molar-refractivity contribution in [2.75, 3.05) is 13.7 Å². The van der Waals surface area contributed by atoms with E-state index in [1.54, 1.807) is 7.11 Å². The molecular weight excluding hydrogens is 246 g/mol. The normalized spacial score (nSPS) is 12.2. The highest BCUT2D eigenvalue weighted by atomic mass is 16.5. The maximum absolute atomic E-state index is 5.29. The highest BCUT2D eigenvalue weighted by molar-refractivity contribution is 5.71. The quantitative estimate of drug-likeness (QED) is 0.871. The number of benzene rings is 2. The lowest BCUT2D eigenvalue weighted by molar-refractivity contribution is 0.414. The molecule has 0 spiro atoms. The summed E-state index contributed by atoms with van der Waals surface area (Å²) in [6.07, 6.45) is 0. The molecular formula is C18H23NO. The Labute approximate surface area is 121 Å². The Kier molecular flexibility index (Phi) is 4.80. The van der Waals surface area contributed by atoms with Crippen molar-refractivity contribution >= 4 is 0 Å². The molecule has 0 aromatic heterocycles. The Balaban J connectivity index is 2.47. The first kappa shape index (κ1) is 14.6. The van der Waals surface area contributed by atoms with Crippen molar-refractivity contribution in [3.63, 3.8) is 0 Å². The minimum atomic E-state index is 0.345. The molecule has 2 rings (SSSR count). The molecule has 0 aliphatic rings. The lowest BCUT2D eigenvalue weighted by Crippen LogP contribution is -2.18. The van der Waals surface area contributed by atoms with Crippen LogP contribution in [0.25, 0.3) is 11.1 Å². The van der Waals surface area contributed by atoms with Gasteiger partial charge < -0.3 is 10.1 Å². The van der Waals surface area contributed by atoms with Crippen LogP contribution in [0.4, 0.5) is 0 Å². The Hall–Kier alpha value is -1.80. The second kappa shape index (κ2) is 6.58. The van der Waals surface area contributed by atoms with Crippen LogP contribution < -0.4 is 10.1 Å². The summed E-state index contributed by atoms with van der Waals surface area (Å²) in [6.45, 7) is 7.45. The Morgan fingerprint density at radius 2 is 1.85 bits per heavy atom. The van der Waals surface area contributed by atoms with Crippen molar-refractivity contribution < 1.29 is 4.74 Å². The zero-order valence-electron chi connectivity index (χ0n) is 12.7. The number of ether oxygens (including phenoxy) is 1. The van der Waals surface area contributed by atoms with Gasteiger partial charge in [0.15, 0.2) is 0 Å².